The number of carbonyl (C=O) groups is 5. The lowest BCUT2D eigenvalue weighted by atomic mass is 9.92. The Morgan fingerprint density at radius 1 is 0.889 bits per heavy atom. The molecule has 2 N–H and O–H groups in total. The molecule has 81 heavy (non-hydrogen) atoms. The molecule has 0 aliphatic carbocycles. The predicted octanol–water partition coefficient (Wildman–Crippen LogP) is 14.2. The van der Waals surface area contributed by atoms with E-state index in [1.807, 2.05) is 65.8 Å². The van der Waals surface area contributed by atoms with Gasteiger partial charge in [0, 0.05) is 72.8 Å². The van der Waals surface area contributed by atoms with Gasteiger partial charge in [0.1, 0.15) is 30.0 Å². The van der Waals surface area contributed by atoms with Crippen LogP contribution >= 0.6 is 11.6 Å². The van der Waals surface area contributed by atoms with E-state index in [0.29, 0.717) is 67.2 Å². The fourth-order valence-corrected chi connectivity index (χ4v) is 10.3. The van der Waals surface area contributed by atoms with Gasteiger partial charge < -0.3 is 29.0 Å². The van der Waals surface area contributed by atoms with Gasteiger partial charge in [0.2, 0.25) is 23.5 Å². The van der Waals surface area contributed by atoms with E-state index in [2.05, 4.69) is 75.8 Å². The van der Waals surface area contributed by atoms with E-state index in [0.717, 1.165) is 93.5 Å². The molecule has 2 unspecified atom stereocenters. The van der Waals surface area contributed by atoms with Gasteiger partial charge in [0.15, 0.2) is 6.61 Å². The van der Waals surface area contributed by atoms with Gasteiger partial charge in [-0.15, -0.1) is 0 Å². The molecule has 4 aromatic carbocycles. The van der Waals surface area contributed by atoms with Crippen molar-refractivity contribution in [3.63, 3.8) is 0 Å². The number of piperidine rings is 1. The highest BCUT2D eigenvalue weighted by atomic mass is 35.5. The molecule has 0 bridgehead atoms. The Balaban J connectivity index is 0.000000304. The number of nitrogens with one attached hydrogen (secondary N) is 2. The minimum absolute atomic E-state index is 0.00943. The first-order chi connectivity index (χ1) is 38.4. The van der Waals surface area contributed by atoms with Gasteiger partial charge in [-0.25, -0.2) is 4.39 Å². The molecule has 0 saturated carbocycles. The molecule has 2 aliphatic rings. The second-order valence-electron chi connectivity index (χ2n) is 23.0. The quantitative estimate of drug-likeness (QED) is 0.0392. The van der Waals surface area contributed by atoms with E-state index < -0.39 is 17.6 Å². The third kappa shape index (κ3) is 18.0. The number of imide groups is 1. The Hall–Kier alpha value is -6.51. The van der Waals surface area contributed by atoms with Crippen LogP contribution in [0.4, 0.5) is 10.1 Å². The van der Waals surface area contributed by atoms with Gasteiger partial charge in [-0.05, 0) is 163 Å². The fraction of sp³-hybridized carbons (Fsp3) is 0.500. The molecule has 3 heterocycles. The van der Waals surface area contributed by atoms with Crippen molar-refractivity contribution >= 4 is 73.9 Å². The monoisotopic (exact) mass is 1130 g/mol. The van der Waals surface area contributed by atoms with Gasteiger partial charge >= 0.3 is 0 Å². The van der Waals surface area contributed by atoms with Crippen LogP contribution in [0, 0.1) is 24.6 Å². The summed E-state index contributed by atoms with van der Waals surface area (Å²) in [6, 6.07) is 18.9. The zero-order chi connectivity index (χ0) is 59.7. The summed E-state index contributed by atoms with van der Waals surface area (Å²) >= 11 is 7.09. The Morgan fingerprint density at radius 2 is 1.58 bits per heavy atom. The molecule has 15 heteroatoms. The third-order valence-corrected chi connectivity index (χ3v) is 14.5. The lowest BCUT2D eigenvalue weighted by Crippen LogP contribution is -2.54. The molecule has 440 valence electrons. The van der Waals surface area contributed by atoms with E-state index in [4.69, 9.17) is 25.8 Å². The topological polar surface area (TPSA) is 149 Å². The van der Waals surface area contributed by atoms with Crippen molar-refractivity contribution in [3.8, 4) is 11.5 Å². The number of amides is 4. The van der Waals surface area contributed by atoms with Crippen molar-refractivity contribution in [1.29, 1.82) is 0 Å². The van der Waals surface area contributed by atoms with Gasteiger partial charge in [0.25, 0.3) is 5.91 Å². The van der Waals surface area contributed by atoms with Crippen molar-refractivity contribution in [2.24, 2.45) is 11.8 Å². The average Bonchev–Trinajstić information content (AvgIpc) is 3.83. The van der Waals surface area contributed by atoms with E-state index in [9.17, 15) is 28.4 Å². The maximum absolute atomic E-state index is 14.3. The first-order valence-electron chi connectivity index (χ1n) is 29.0. The van der Waals surface area contributed by atoms with Crippen LogP contribution < -0.4 is 25.0 Å². The van der Waals surface area contributed by atoms with Gasteiger partial charge in [-0.3, -0.25) is 34.2 Å². The molecule has 1 fully saturated rings. The molecule has 0 radical (unpaired) electrons. The van der Waals surface area contributed by atoms with Gasteiger partial charge in [-0.2, -0.15) is 0 Å². The van der Waals surface area contributed by atoms with Crippen LogP contribution in [0.3, 0.4) is 0 Å². The van der Waals surface area contributed by atoms with Crippen LogP contribution in [0.2, 0.25) is 5.02 Å². The van der Waals surface area contributed by atoms with Crippen LogP contribution in [0.5, 0.6) is 11.5 Å². The summed E-state index contributed by atoms with van der Waals surface area (Å²) in [5.74, 6) is 1.11. The number of fused-ring (bicyclic) bond motifs is 2. The van der Waals surface area contributed by atoms with Crippen molar-refractivity contribution in [1.82, 2.24) is 20.1 Å². The second-order valence-corrected chi connectivity index (χ2v) is 23.4. The first kappa shape index (κ1) is 65.3. The molecular formula is C66H89ClFN5O8. The molecule has 7 rings (SSSR count). The largest absolute Gasteiger partial charge is 0.493 e. The molecule has 2 aliphatic heterocycles. The molecule has 5 aromatic rings. The highest BCUT2D eigenvalue weighted by molar-refractivity contribution is 6.34. The summed E-state index contributed by atoms with van der Waals surface area (Å²) in [7, 11) is 0. The molecule has 13 nitrogen and oxygen atoms in total. The number of ketones is 1. The number of aryl methyl sites for hydroxylation is 3. The van der Waals surface area contributed by atoms with Crippen molar-refractivity contribution in [2.45, 2.75) is 166 Å². The summed E-state index contributed by atoms with van der Waals surface area (Å²) in [5.41, 5.74) is 7.83. The summed E-state index contributed by atoms with van der Waals surface area (Å²) in [4.78, 5) is 65.9. The first-order valence-corrected chi connectivity index (χ1v) is 29.4. The zero-order valence-electron chi connectivity index (χ0n) is 50.6. The van der Waals surface area contributed by atoms with Crippen LogP contribution in [0.25, 0.3) is 27.2 Å². The van der Waals surface area contributed by atoms with E-state index in [1.54, 1.807) is 29.2 Å². The lowest BCUT2D eigenvalue weighted by Gasteiger charge is -2.33. The number of nitrogens with zero attached hydrogens (tertiary/aromatic N) is 3. The molecule has 1 aromatic heterocycles. The van der Waals surface area contributed by atoms with E-state index in [1.165, 1.54) is 29.5 Å². The van der Waals surface area contributed by atoms with Crippen LogP contribution in [0.15, 0.2) is 84.1 Å². The number of anilines is 1. The number of allylic oxidation sites excluding steroid dienone is 3. The minimum Gasteiger partial charge on any atom is -0.493 e. The number of carbonyl (C=O) groups excluding carboxylic acids is 5. The number of benzene rings is 4. The van der Waals surface area contributed by atoms with E-state index in [-0.39, 0.29) is 55.4 Å². The number of aromatic nitrogens is 1. The van der Waals surface area contributed by atoms with Crippen molar-refractivity contribution in [3.05, 3.63) is 117 Å². The van der Waals surface area contributed by atoms with Crippen LogP contribution in [-0.4, -0.2) is 90.0 Å². The lowest BCUT2D eigenvalue weighted by molar-refractivity contribution is -0.135. The standard InChI is InChI=1S/C40H48ClFN2O3.C22H31N3O5.C4H10/c1-8-25(2)19-21-44-38(34(45)24-47-40(5,6)7)31(12-10-22-46-35-13-9-11-28-23-29(42)14-15-30(28)35)32-16-17-33(41)37(39(32)44)36-26(3)18-20-43-27(36)4;1-5-11-24(12-6-2)21(28)14-30-17-7-8-18(15(3)13-17)25(16(4)26)19-9-10-20(27)23-22(19)29;1-4(2)3/h9,11,13-18,23,25,43H,8,10,12,19-22,24H2,1-7H3;7-8,13,19H,5-6,9-12,14H2,1-4H3,(H,23,27,29);4H,1-3H3. The number of Topliss-reactive ketones (excluding diaryl/α,β-unsaturated/α-hetero) is 1. The summed E-state index contributed by atoms with van der Waals surface area (Å²) in [6.07, 6.45) is 7.74. The Kier molecular flexibility index (Phi) is 24.6. The number of ether oxygens (including phenoxy) is 3. The molecule has 0 spiro atoms. The normalized spacial score (nSPS) is 14.8. The van der Waals surface area contributed by atoms with Crippen molar-refractivity contribution in [2.75, 3.05) is 44.4 Å². The maximum Gasteiger partial charge on any atom is 0.260 e. The maximum atomic E-state index is 14.3. The highest BCUT2D eigenvalue weighted by Gasteiger charge is 2.35. The zero-order valence-corrected chi connectivity index (χ0v) is 51.4. The number of rotatable bonds is 22. The van der Waals surface area contributed by atoms with Crippen LogP contribution in [-0.2, 0) is 36.9 Å². The molecule has 2 atom stereocenters. The molecular weight excluding hydrogens is 1050 g/mol. The molecule has 1 saturated heterocycles. The van der Waals surface area contributed by atoms with E-state index >= 15 is 0 Å². The van der Waals surface area contributed by atoms with Crippen molar-refractivity contribution < 1.29 is 42.6 Å². The van der Waals surface area contributed by atoms with Crippen LogP contribution in [0.1, 0.15) is 162 Å². The smallest absolute Gasteiger partial charge is 0.260 e. The third-order valence-electron chi connectivity index (χ3n) is 14.1. The number of hydrogen-bond donors (Lipinski definition) is 2. The minimum atomic E-state index is -0.733. The average molecular weight is 1130 g/mol. The Labute approximate surface area is 486 Å². The highest BCUT2D eigenvalue weighted by Crippen LogP contribution is 2.42. The van der Waals surface area contributed by atoms with Gasteiger partial charge in [0.05, 0.1) is 28.4 Å². The summed E-state index contributed by atoms with van der Waals surface area (Å²) in [5, 5.41) is 9.16. The Bertz CT molecular complexity index is 3070. The number of dihydropyridines is 1. The number of halogens is 2. The summed E-state index contributed by atoms with van der Waals surface area (Å²) < 4.78 is 34.1. The predicted molar refractivity (Wildman–Crippen MR) is 327 cm³/mol. The summed E-state index contributed by atoms with van der Waals surface area (Å²) in [6.45, 7) is 31.6. The fourth-order valence-electron chi connectivity index (χ4n) is 10.1. The molecule has 4 amide bonds. The SMILES string of the molecule is CC(C)C.CCC(C)CCn1c(C(=O)COC(C)(C)C)c(CCCOc2cccc3cc(F)ccc23)c2ccc(Cl)c(C3=C(C)NCC=C3C)c21.CCCN(CCC)C(=O)COc1ccc(N(C(C)=O)C2CCC(=O)NC2=O)c(C)c1. The Morgan fingerprint density at radius 3 is 2.20 bits per heavy atom. The second kappa shape index (κ2) is 30.5. The number of hydrogen-bond acceptors (Lipinski definition) is 9. The van der Waals surface area contributed by atoms with Gasteiger partial charge in [-0.1, -0.05) is 90.8 Å².